The van der Waals surface area contributed by atoms with Crippen molar-refractivity contribution in [1.82, 2.24) is 5.32 Å². The summed E-state index contributed by atoms with van der Waals surface area (Å²) in [4.78, 5) is 12.0. The fraction of sp³-hybridized carbons (Fsp3) is 0.467. The van der Waals surface area contributed by atoms with Crippen LogP contribution in [-0.2, 0) is 16.0 Å². The predicted octanol–water partition coefficient (Wildman–Crippen LogP) is 1.11. The molecule has 0 radical (unpaired) electrons. The number of rotatable bonds is 7. The van der Waals surface area contributed by atoms with Crippen LogP contribution in [0.3, 0.4) is 0 Å². The van der Waals surface area contributed by atoms with Crippen molar-refractivity contribution in [2.45, 2.75) is 26.3 Å². The average Bonchev–Trinajstić information content (AvgIpc) is 2.46. The second-order valence-corrected chi connectivity index (χ2v) is 5.23. The number of hydrogen-bond donors (Lipinski definition) is 3. The Morgan fingerprint density at radius 2 is 2.00 bits per heavy atom. The van der Waals surface area contributed by atoms with Gasteiger partial charge in [-0.1, -0.05) is 43.3 Å². The Morgan fingerprint density at radius 3 is 2.48 bits per heavy atom. The summed E-state index contributed by atoms with van der Waals surface area (Å²) in [7, 11) is 1.62. The van der Waals surface area contributed by atoms with Crippen LogP contribution < -0.4 is 11.1 Å². The van der Waals surface area contributed by atoms with Gasteiger partial charge >= 0.3 is 0 Å². The van der Waals surface area contributed by atoms with Crippen molar-refractivity contribution in [2.24, 2.45) is 16.8 Å². The molecule has 6 heteroatoms. The van der Waals surface area contributed by atoms with Gasteiger partial charge in [-0.05, 0) is 11.5 Å². The predicted molar refractivity (Wildman–Crippen MR) is 81.3 cm³/mol. The number of carbonyl (C=O) groups excluding carboxylic acids is 1. The fourth-order valence-corrected chi connectivity index (χ4v) is 1.87. The third-order valence-electron chi connectivity index (χ3n) is 3.22. The second-order valence-electron chi connectivity index (χ2n) is 5.23. The molecule has 0 spiro atoms. The van der Waals surface area contributed by atoms with Gasteiger partial charge in [-0.3, -0.25) is 4.79 Å². The van der Waals surface area contributed by atoms with E-state index in [9.17, 15) is 4.79 Å². The van der Waals surface area contributed by atoms with Gasteiger partial charge in [-0.2, -0.15) is 0 Å². The number of amidine groups is 1. The number of benzene rings is 1. The average molecular weight is 293 g/mol. The van der Waals surface area contributed by atoms with Gasteiger partial charge < -0.3 is 21.0 Å². The van der Waals surface area contributed by atoms with Crippen LogP contribution in [0.5, 0.6) is 0 Å². The van der Waals surface area contributed by atoms with Gasteiger partial charge in [0.25, 0.3) is 0 Å². The maximum Gasteiger partial charge on any atom is 0.224 e. The summed E-state index contributed by atoms with van der Waals surface area (Å²) >= 11 is 0. The van der Waals surface area contributed by atoms with Crippen LogP contribution in [0.1, 0.15) is 25.0 Å². The minimum Gasteiger partial charge on any atom is -0.409 e. The summed E-state index contributed by atoms with van der Waals surface area (Å²) in [6.45, 7) is 4.57. The zero-order valence-corrected chi connectivity index (χ0v) is 12.7. The van der Waals surface area contributed by atoms with E-state index in [0.717, 1.165) is 5.56 Å². The van der Waals surface area contributed by atoms with Crippen molar-refractivity contribution in [3.05, 3.63) is 35.4 Å². The Bertz CT molecular complexity index is 483. The lowest BCUT2D eigenvalue weighted by Gasteiger charge is -2.21. The molecule has 1 aromatic carbocycles. The van der Waals surface area contributed by atoms with Crippen molar-refractivity contribution in [1.29, 1.82) is 0 Å². The molecule has 0 saturated carbocycles. The Labute approximate surface area is 125 Å². The number of ether oxygens (including phenoxy) is 1. The SMILES string of the molecule is COCC(NC(=O)Cc1ccc(C(N)=NO)cc1)C(C)C. The number of oxime groups is 1. The molecule has 0 bridgehead atoms. The normalized spacial score (nSPS) is 13.2. The number of amides is 1. The molecule has 1 unspecified atom stereocenters. The third-order valence-corrected chi connectivity index (χ3v) is 3.22. The van der Waals surface area contributed by atoms with Gasteiger partial charge in [-0.25, -0.2) is 0 Å². The minimum absolute atomic E-state index is 0.000982. The summed E-state index contributed by atoms with van der Waals surface area (Å²) in [6.07, 6.45) is 0.281. The van der Waals surface area contributed by atoms with Crippen LogP contribution in [0.2, 0.25) is 0 Å². The maximum atomic E-state index is 12.0. The van der Waals surface area contributed by atoms with Crippen LogP contribution in [0, 0.1) is 5.92 Å². The first-order valence-corrected chi connectivity index (χ1v) is 6.83. The molecule has 0 saturated heterocycles. The topological polar surface area (TPSA) is 96.9 Å². The quantitative estimate of drug-likeness (QED) is 0.304. The van der Waals surface area contributed by atoms with E-state index in [1.165, 1.54) is 0 Å². The molecular weight excluding hydrogens is 270 g/mol. The molecule has 6 nitrogen and oxygen atoms in total. The van der Waals surface area contributed by atoms with Crippen molar-refractivity contribution < 1.29 is 14.7 Å². The zero-order chi connectivity index (χ0) is 15.8. The number of nitrogens with zero attached hydrogens (tertiary/aromatic N) is 1. The van der Waals surface area contributed by atoms with Crippen LogP contribution >= 0.6 is 0 Å². The Kier molecular flexibility index (Phi) is 6.68. The number of nitrogens with one attached hydrogen (secondary N) is 1. The number of carbonyl (C=O) groups is 1. The van der Waals surface area contributed by atoms with E-state index in [0.29, 0.717) is 18.1 Å². The number of hydrogen-bond acceptors (Lipinski definition) is 4. The van der Waals surface area contributed by atoms with Gasteiger partial charge in [-0.15, -0.1) is 0 Å². The molecule has 0 aliphatic rings. The summed E-state index contributed by atoms with van der Waals surface area (Å²) in [5.41, 5.74) is 6.96. The van der Waals surface area contributed by atoms with Crippen molar-refractivity contribution in [2.75, 3.05) is 13.7 Å². The van der Waals surface area contributed by atoms with Gasteiger partial charge in [0.15, 0.2) is 5.84 Å². The zero-order valence-electron chi connectivity index (χ0n) is 12.7. The molecule has 0 heterocycles. The highest BCUT2D eigenvalue weighted by Gasteiger charge is 2.16. The van der Waals surface area contributed by atoms with Crippen LogP contribution in [0.4, 0.5) is 0 Å². The third kappa shape index (κ3) is 5.43. The highest BCUT2D eigenvalue weighted by atomic mass is 16.5. The molecule has 116 valence electrons. The van der Waals surface area contributed by atoms with E-state index in [2.05, 4.69) is 10.5 Å². The van der Waals surface area contributed by atoms with E-state index in [1.807, 2.05) is 13.8 Å². The standard InChI is InChI=1S/C15H23N3O3/c1-10(2)13(9-21-3)17-14(19)8-11-4-6-12(7-5-11)15(16)18-20/h4-7,10,13,20H,8-9H2,1-3H3,(H2,16,18)(H,17,19). The van der Waals surface area contributed by atoms with Crippen molar-refractivity contribution in [3.8, 4) is 0 Å². The van der Waals surface area contributed by atoms with Crippen LogP contribution in [0.25, 0.3) is 0 Å². The van der Waals surface area contributed by atoms with Gasteiger partial charge in [0.05, 0.1) is 19.1 Å². The maximum absolute atomic E-state index is 12.0. The highest BCUT2D eigenvalue weighted by molar-refractivity contribution is 5.97. The smallest absolute Gasteiger partial charge is 0.224 e. The lowest BCUT2D eigenvalue weighted by molar-refractivity contribution is -0.121. The number of nitrogens with two attached hydrogens (primary N) is 1. The first kappa shape index (κ1) is 17.0. The van der Waals surface area contributed by atoms with E-state index in [1.54, 1.807) is 31.4 Å². The molecule has 21 heavy (non-hydrogen) atoms. The van der Waals surface area contributed by atoms with Crippen molar-refractivity contribution >= 4 is 11.7 Å². The Balaban J connectivity index is 2.62. The molecule has 0 aliphatic heterocycles. The van der Waals surface area contributed by atoms with Crippen LogP contribution in [-0.4, -0.2) is 36.7 Å². The largest absolute Gasteiger partial charge is 0.409 e. The fourth-order valence-electron chi connectivity index (χ4n) is 1.87. The molecule has 1 aromatic rings. The van der Waals surface area contributed by atoms with Gasteiger partial charge in [0.1, 0.15) is 0 Å². The first-order valence-electron chi connectivity index (χ1n) is 6.83. The minimum atomic E-state index is -0.0534. The summed E-state index contributed by atoms with van der Waals surface area (Å²) in [5.74, 6) is 0.296. The Hall–Kier alpha value is -2.08. The molecule has 0 aliphatic carbocycles. The Morgan fingerprint density at radius 1 is 1.38 bits per heavy atom. The molecule has 1 atom stereocenters. The van der Waals surface area contributed by atoms with Crippen LogP contribution in [0.15, 0.2) is 29.4 Å². The van der Waals surface area contributed by atoms with E-state index < -0.39 is 0 Å². The highest BCUT2D eigenvalue weighted by Crippen LogP contribution is 2.07. The molecule has 1 amide bonds. The van der Waals surface area contributed by atoms with Crippen molar-refractivity contribution in [3.63, 3.8) is 0 Å². The molecular formula is C15H23N3O3. The molecule has 0 fully saturated rings. The van der Waals surface area contributed by atoms with E-state index in [4.69, 9.17) is 15.7 Å². The molecule has 1 rings (SSSR count). The number of methoxy groups -OCH3 is 1. The van der Waals surface area contributed by atoms with Gasteiger partial charge in [0.2, 0.25) is 5.91 Å². The lowest BCUT2D eigenvalue weighted by Crippen LogP contribution is -2.42. The van der Waals surface area contributed by atoms with E-state index >= 15 is 0 Å². The molecule has 4 N–H and O–H groups in total. The second kappa shape index (κ2) is 8.26. The molecule has 0 aromatic heterocycles. The lowest BCUT2D eigenvalue weighted by atomic mass is 10.0. The van der Waals surface area contributed by atoms with Gasteiger partial charge in [0, 0.05) is 12.7 Å². The van der Waals surface area contributed by atoms with E-state index in [-0.39, 0.29) is 24.2 Å². The summed E-state index contributed by atoms with van der Waals surface area (Å²) < 4.78 is 5.11. The monoisotopic (exact) mass is 293 g/mol. The summed E-state index contributed by atoms with van der Waals surface area (Å²) in [6, 6.07) is 7.00. The first-order chi connectivity index (χ1) is 9.97. The summed E-state index contributed by atoms with van der Waals surface area (Å²) in [5, 5.41) is 14.5.